The molecule has 0 spiro atoms. The van der Waals surface area contributed by atoms with Gasteiger partial charge in [-0.3, -0.25) is 10.5 Å². The SMILES string of the molecule is O=C(O)c1ccc(COO)c(COOCOC(=O)c2cc(COO)ccc2C(=O)O)c1. The van der Waals surface area contributed by atoms with Crippen molar-refractivity contribution >= 4 is 17.9 Å². The van der Waals surface area contributed by atoms with E-state index in [0.717, 1.165) is 6.07 Å². The molecule has 4 N–H and O–H groups in total. The van der Waals surface area contributed by atoms with E-state index in [2.05, 4.69) is 9.78 Å². The number of esters is 1. The molecule has 0 bridgehead atoms. The highest BCUT2D eigenvalue weighted by atomic mass is 17.2. The molecule has 0 aliphatic rings. The van der Waals surface area contributed by atoms with E-state index in [1.165, 1.54) is 30.3 Å². The van der Waals surface area contributed by atoms with E-state index in [1.54, 1.807) is 0 Å². The van der Waals surface area contributed by atoms with E-state index in [4.69, 9.17) is 30.1 Å². The largest absolute Gasteiger partial charge is 0.478 e. The first kappa shape index (κ1) is 23.9. The summed E-state index contributed by atoms with van der Waals surface area (Å²) in [5.41, 5.74) is 0.453. The molecule has 0 saturated heterocycles. The van der Waals surface area contributed by atoms with Crippen LogP contribution in [0.15, 0.2) is 36.4 Å². The summed E-state index contributed by atoms with van der Waals surface area (Å²) in [6.45, 7) is -1.46. The Morgan fingerprint density at radius 2 is 1.48 bits per heavy atom. The highest BCUT2D eigenvalue weighted by Gasteiger charge is 2.19. The number of ether oxygens (including phenoxy) is 1. The molecule has 12 nitrogen and oxygen atoms in total. The van der Waals surface area contributed by atoms with Gasteiger partial charge in [0.25, 0.3) is 0 Å². The molecule has 2 aromatic rings. The third kappa shape index (κ3) is 6.82. The van der Waals surface area contributed by atoms with Crippen molar-refractivity contribution in [3.05, 3.63) is 69.8 Å². The molecular weight excluding hydrogens is 420 g/mol. The smallest absolute Gasteiger partial charge is 0.341 e. The zero-order valence-corrected chi connectivity index (χ0v) is 15.8. The van der Waals surface area contributed by atoms with Gasteiger partial charge in [-0.15, -0.1) is 0 Å². The third-order valence-corrected chi connectivity index (χ3v) is 3.97. The van der Waals surface area contributed by atoms with Crippen molar-refractivity contribution in [3.8, 4) is 0 Å². The summed E-state index contributed by atoms with van der Waals surface area (Å²) in [7, 11) is 0. The van der Waals surface area contributed by atoms with Gasteiger partial charge < -0.3 is 14.9 Å². The minimum atomic E-state index is -1.36. The first-order chi connectivity index (χ1) is 14.9. The van der Waals surface area contributed by atoms with E-state index >= 15 is 0 Å². The number of carboxylic acid groups (broad SMARTS) is 2. The average Bonchev–Trinajstić information content (AvgIpc) is 2.74. The Kier molecular flexibility index (Phi) is 9.02. The molecule has 2 aromatic carbocycles. The van der Waals surface area contributed by atoms with Gasteiger partial charge >= 0.3 is 17.9 Å². The van der Waals surface area contributed by atoms with Crippen molar-refractivity contribution < 1.29 is 59.4 Å². The fourth-order valence-corrected chi connectivity index (χ4v) is 2.51. The molecule has 12 heteroatoms. The minimum absolute atomic E-state index is 0.0281. The van der Waals surface area contributed by atoms with Crippen molar-refractivity contribution in [1.82, 2.24) is 0 Å². The van der Waals surface area contributed by atoms with E-state index in [1.807, 2.05) is 0 Å². The van der Waals surface area contributed by atoms with Crippen LogP contribution >= 0.6 is 0 Å². The van der Waals surface area contributed by atoms with Gasteiger partial charge in [0.2, 0.25) is 6.79 Å². The summed E-state index contributed by atoms with van der Waals surface area (Å²) in [6.07, 6.45) is 0. The molecule has 0 heterocycles. The highest BCUT2D eigenvalue weighted by molar-refractivity contribution is 6.02. The van der Waals surface area contributed by atoms with Crippen LogP contribution in [0.4, 0.5) is 0 Å². The van der Waals surface area contributed by atoms with Crippen molar-refractivity contribution in [3.63, 3.8) is 0 Å². The molecule has 0 saturated carbocycles. The standard InChI is InChI=1S/C19H18O12/c20-17(21)12-2-3-13(8-29-26)14(6-12)9-30-31-10-27-19(24)16-5-11(7-28-25)1-4-15(16)18(22)23/h1-6,25-26H,7-10H2,(H,20,21)(H,22,23). The molecule has 2 rings (SSSR count). The topological polar surface area (TPSA) is 178 Å². The Morgan fingerprint density at radius 3 is 2.13 bits per heavy atom. The summed E-state index contributed by atoms with van der Waals surface area (Å²) in [5.74, 6) is -3.56. The lowest BCUT2D eigenvalue weighted by Gasteiger charge is -2.11. The Labute approximate surface area is 174 Å². The summed E-state index contributed by atoms with van der Waals surface area (Å²) < 4.78 is 4.82. The number of benzene rings is 2. The molecular formula is C19H18O12. The molecule has 0 aliphatic heterocycles. The summed E-state index contributed by atoms with van der Waals surface area (Å²) in [6, 6.07) is 7.73. The van der Waals surface area contributed by atoms with Gasteiger partial charge in [-0.05, 0) is 41.0 Å². The van der Waals surface area contributed by atoms with Crippen LogP contribution in [0.5, 0.6) is 0 Å². The lowest BCUT2D eigenvalue weighted by Crippen LogP contribution is -2.14. The Hall–Kier alpha value is -3.39. The second-order valence-electron chi connectivity index (χ2n) is 5.95. The van der Waals surface area contributed by atoms with Crippen LogP contribution in [-0.4, -0.2) is 45.4 Å². The summed E-state index contributed by atoms with van der Waals surface area (Å²) in [4.78, 5) is 52.2. The van der Waals surface area contributed by atoms with Gasteiger partial charge in [-0.1, -0.05) is 12.1 Å². The maximum atomic E-state index is 12.2. The van der Waals surface area contributed by atoms with Crippen LogP contribution in [-0.2, 0) is 44.1 Å². The summed E-state index contributed by atoms with van der Waals surface area (Å²) >= 11 is 0. The number of carboxylic acids is 2. The van der Waals surface area contributed by atoms with Gasteiger partial charge in [-0.2, -0.15) is 4.89 Å². The summed E-state index contributed by atoms with van der Waals surface area (Å²) in [5, 5.41) is 35.3. The second-order valence-corrected chi connectivity index (χ2v) is 5.95. The van der Waals surface area contributed by atoms with Gasteiger partial charge in [0.15, 0.2) is 0 Å². The fraction of sp³-hybridized carbons (Fsp3) is 0.211. The van der Waals surface area contributed by atoms with Crippen molar-refractivity contribution in [1.29, 1.82) is 0 Å². The number of aromatic carboxylic acids is 2. The zero-order valence-electron chi connectivity index (χ0n) is 15.8. The minimum Gasteiger partial charge on any atom is -0.478 e. The number of carbonyl (C=O) groups is 3. The maximum absolute atomic E-state index is 12.2. The molecule has 0 atom stereocenters. The van der Waals surface area contributed by atoms with Crippen LogP contribution in [0, 0.1) is 0 Å². The van der Waals surface area contributed by atoms with Crippen LogP contribution in [0.25, 0.3) is 0 Å². The average molecular weight is 438 g/mol. The van der Waals surface area contributed by atoms with Crippen molar-refractivity contribution in [2.45, 2.75) is 19.8 Å². The first-order valence-corrected chi connectivity index (χ1v) is 8.53. The molecule has 0 radical (unpaired) electrons. The van der Waals surface area contributed by atoms with Crippen molar-refractivity contribution in [2.75, 3.05) is 6.79 Å². The number of carbonyl (C=O) groups excluding carboxylic acids is 1. The maximum Gasteiger partial charge on any atom is 0.341 e. The number of hydrogen-bond acceptors (Lipinski definition) is 10. The second kappa shape index (κ2) is 11.7. The van der Waals surface area contributed by atoms with Gasteiger partial charge in [-0.25, -0.2) is 29.0 Å². The molecule has 166 valence electrons. The van der Waals surface area contributed by atoms with Gasteiger partial charge in [0.05, 0.1) is 16.7 Å². The van der Waals surface area contributed by atoms with E-state index in [0.29, 0.717) is 16.7 Å². The normalized spacial score (nSPS) is 10.6. The lowest BCUT2D eigenvalue weighted by atomic mass is 10.0. The predicted octanol–water partition coefficient (Wildman–Crippen LogP) is 2.32. The third-order valence-electron chi connectivity index (χ3n) is 3.97. The Morgan fingerprint density at radius 1 is 0.742 bits per heavy atom. The Bertz CT molecular complexity index is 939. The highest BCUT2D eigenvalue weighted by Crippen LogP contribution is 2.16. The molecule has 31 heavy (non-hydrogen) atoms. The van der Waals surface area contributed by atoms with Crippen LogP contribution in [0.1, 0.15) is 47.8 Å². The molecule has 0 aliphatic carbocycles. The first-order valence-electron chi connectivity index (χ1n) is 8.53. The van der Waals surface area contributed by atoms with Gasteiger partial charge in [0, 0.05) is 0 Å². The van der Waals surface area contributed by atoms with E-state index < -0.39 is 24.7 Å². The number of rotatable bonds is 12. The fourth-order valence-electron chi connectivity index (χ4n) is 2.51. The zero-order chi connectivity index (χ0) is 22.8. The quantitative estimate of drug-likeness (QED) is 0.125. The molecule has 0 unspecified atom stereocenters. The molecule has 0 fully saturated rings. The van der Waals surface area contributed by atoms with Crippen molar-refractivity contribution in [2.24, 2.45) is 0 Å². The molecule has 0 aromatic heterocycles. The molecule has 0 amide bonds. The van der Waals surface area contributed by atoms with E-state index in [-0.39, 0.29) is 36.5 Å². The van der Waals surface area contributed by atoms with Crippen LogP contribution in [0.3, 0.4) is 0 Å². The monoisotopic (exact) mass is 438 g/mol. The van der Waals surface area contributed by atoms with Gasteiger partial charge in [0.1, 0.15) is 19.8 Å². The predicted molar refractivity (Wildman–Crippen MR) is 97.8 cm³/mol. The van der Waals surface area contributed by atoms with Crippen LogP contribution in [0.2, 0.25) is 0 Å². The lowest BCUT2D eigenvalue weighted by molar-refractivity contribution is -0.335. The van der Waals surface area contributed by atoms with Crippen LogP contribution < -0.4 is 0 Å². The van der Waals surface area contributed by atoms with E-state index in [9.17, 15) is 19.5 Å². The number of hydrogen-bond donors (Lipinski definition) is 4. The Balaban J connectivity index is 1.95.